The Bertz CT molecular complexity index is 616. The molecule has 6 heteroatoms. The molecule has 3 rings (SSSR count). The number of H-pyrrole nitrogens is 1. The Morgan fingerprint density at radius 2 is 2.24 bits per heavy atom. The van der Waals surface area contributed by atoms with E-state index in [1.54, 1.807) is 0 Å². The number of nitrogens with one attached hydrogen (secondary N) is 1. The monoisotopic (exact) mass is 229 g/mol. The van der Waals surface area contributed by atoms with Crippen molar-refractivity contribution in [3.63, 3.8) is 0 Å². The van der Waals surface area contributed by atoms with Gasteiger partial charge in [0.1, 0.15) is 17.2 Å². The molecule has 0 unspecified atom stereocenters. The first-order valence-electron chi connectivity index (χ1n) is 5.36. The van der Waals surface area contributed by atoms with Gasteiger partial charge in [-0.1, -0.05) is 0 Å². The lowest BCUT2D eigenvalue weighted by molar-refractivity contribution is 0.0994. The molecule has 0 atom stereocenters. The van der Waals surface area contributed by atoms with Crippen molar-refractivity contribution in [2.24, 2.45) is 5.73 Å². The lowest BCUT2D eigenvalue weighted by Crippen LogP contribution is -2.15. The first-order chi connectivity index (χ1) is 8.16. The molecule has 2 heterocycles. The number of nitrogens with zero attached hydrogens (tertiary/aromatic N) is 3. The van der Waals surface area contributed by atoms with Crippen molar-refractivity contribution in [2.45, 2.75) is 19.8 Å². The minimum absolute atomic E-state index is 0.391. The summed E-state index contributed by atoms with van der Waals surface area (Å²) in [7, 11) is 0. The zero-order chi connectivity index (χ0) is 12.0. The molecule has 2 aromatic heterocycles. The largest absolute Gasteiger partial charge is 0.364 e. The molecule has 0 radical (unpaired) electrons. The van der Waals surface area contributed by atoms with Gasteiger partial charge in [0.2, 0.25) is 0 Å². The summed E-state index contributed by atoms with van der Waals surface area (Å²) >= 11 is 0. The number of nitrogens with two attached hydrogens (primary N) is 1. The van der Waals surface area contributed by atoms with Crippen LogP contribution in [0.25, 0.3) is 11.4 Å². The van der Waals surface area contributed by atoms with Gasteiger partial charge in [0, 0.05) is 11.8 Å². The molecule has 3 N–H and O–H groups in total. The quantitative estimate of drug-likeness (QED) is 0.738. The predicted octanol–water partition coefficient (Wildman–Crippen LogP) is 0.373. The fourth-order valence-electron chi connectivity index (χ4n) is 2.15. The number of rotatable bonds is 1. The number of hydrogen-bond acceptors (Lipinski definition) is 4. The summed E-state index contributed by atoms with van der Waals surface area (Å²) in [6.45, 7) is 1.83. The summed E-state index contributed by atoms with van der Waals surface area (Å²) in [6, 6.07) is 0. The molecule has 0 saturated carbocycles. The summed E-state index contributed by atoms with van der Waals surface area (Å²) in [5.74, 6) is 0.216. The van der Waals surface area contributed by atoms with Crippen LogP contribution in [0, 0.1) is 6.92 Å². The van der Waals surface area contributed by atoms with E-state index in [9.17, 15) is 4.79 Å². The van der Waals surface area contributed by atoms with Crippen LogP contribution in [0.4, 0.5) is 0 Å². The number of aryl methyl sites for hydroxylation is 2. The van der Waals surface area contributed by atoms with Crippen molar-refractivity contribution in [3.05, 3.63) is 28.8 Å². The number of carbonyl (C=O) groups excluding carboxylic acids is 1. The SMILES string of the molecule is Cc1ncc2c(n1)-c1n[nH]c(C(N)=O)c1CC2. The number of aromatic nitrogens is 4. The van der Waals surface area contributed by atoms with Crippen molar-refractivity contribution in [1.82, 2.24) is 20.2 Å². The van der Waals surface area contributed by atoms with E-state index < -0.39 is 5.91 Å². The topological polar surface area (TPSA) is 97.6 Å². The van der Waals surface area contributed by atoms with E-state index in [2.05, 4.69) is 20.2 Å². The van der Waals surface area contributed by atoms with E-state index in [0.717, 1.165) is 35.4 Å². The van der Waals surface area contributed by atoms with Crippen LogP contribution in [-0.4, -0.2) is 26.1 Å². The van der Waals surface area contributed by atoms with Crippen molar-refractivity contribution < 1.29 is 4.79 Å². The number of amides is 1. The van der Waals surface area contributed by atoms with Gasteiger partial charge in [0.15, 0.2) is 0 Å². The standard InChI is InChI=1S/C11H11N5O/c1-5-13-4-6-2-3-7-9(8(6)14-5)15-16-10(7)11(12)17/h4H,2-3H2,1H3,(H2,12,17)(H,15,16). The third-order valence-electron chi connectivity index (χ3n) is 2.97. The van der Waals surface area contributed by atoms with Crippen molar-refractivity contribution in [1.29, 1.82) is 0 Å². The van der Waals surface area contributed by atoms with Gasteiger partial charge in [0.05, 0.1) is 5.69 Å². The highest BCUT2D eigenvalue weighted by molar-refractivity contribution is 5.94. The summed E-state index contributed by atoms with van der Waals surface area (Å²) in [5, 5.41) is 6.84. The number of carbonyl (C=O) groups is 1. The Morgan fingerprint density at radius 3 is 3.00 bits per heavy atom. The molecule has 0 bridgehead atoms. The Morgan fingerprint density at radius 1 is 1.41 bits per heavy atom. The van der Waals surface area contributed by atoms with E-state index in [4.69, 9.17) is 5.73 Å². The van der Waals surface area contributed by atoms with E-state index in [-0.39, 0.29) is 0 Å². The molecule has 0 spiro atoms. The van der Waals surface area contributed by atoms with E-state index in [1.807, 2.05) is 13.1 Å². The third-order valence-corrected chi connectivity index (χ3v) is 2.97. The fraction of sp³-hybridized carbons (Fsp3) is 0.273. The Hall–Kier alpha value is -2.24. The first-order valence-corrected chi connectivity index (χ1v) is 5.36. The van der Waals surface area contributed by atoms with E-state index in [1.165, 1.54) is 0 Å². The molecule has 1 aliphatic carbocycles. The molecule has 0 saturated heterocycles. The highest BCUT2D eigenvalue weighted by Gasteiger charge is 2.25. The second-order valence-corrected chi connectivity index (χ2v) is 4.08. The molecule has 0 fully saturated rings. The van der Waals surface area contributed by atoms with Gasteiger partial charge >= 0.3 is 0 Å². The molecule has 1 aliphatic rings. The smallest absolute Gasteiger partial charge is 0.267 e. The van der Waals surface area contributed by atoms with Crippen LogP contribution in [0.1, 0.15) is 27.4 Å². The number of primary amides is 1. The van der Waals surface area contributed by atoms with Crippen LogP contribution < -0.4 is 5.73 Å². The molecule has 6 nitrogen and oxygen atoms in total. The average Bonchev–Trinajstić information content (AvgIpc) is 2.72. The van der Waals surface area contributed by atoms with Gasteiger partial charge in [-0.05, 0) is 25.3 Å². The summed E-state index contributed by atoms with van der Waals surface area (Å²) in [6.07, 6.45) is 3.37. The van der Waals surface area contributed by atoms with E-state index >= 15 is 0 Å². The van der Waals surface area contributed by atoms with E-state index in [0.29, 0.717) is 11.5 Å². The molecular formula is C11H11N5O. The van der Waals surface area contributed by atoms with Crippen LogP contribution in [0.3, 0.4) is 0 Å². The molecule has 2 aromatic rings. The van der Waals surface area contributed by atoms with Crippen molar-refractivity contribution >= 4 is 5.91 Å². The summed E-state index contributed by atoms with van der Waals surface area (Å²) in [4.78, 5) is 19.8. The zero-order valence-electron chi connectivity index (χ0n) is 9.32. The highest BCUT2D eigenvalue weighted by Crippen LogP contribution is 2.31. The average molecular weight is 229 g/mol. The van der Waals surface area contributed by atoms with Crippen LogP contribution >= 0.6 is 0 Å². The first kappa shape index (κ1) is 9.95. The maximum absolute atomic E-state index is 11.2. The molecule has 17 heavy (non-hydrogen) atoms. The molecule has 86 valence electrons. The van der Waals surface area contributed by atoms with Crippen molar-refractivity contribution in [2.75, 3.05) is 0 Å². The van der Waals surface area contributed by atoms with Gasteiger partial charge in [-0.3, -0.25) is 9.89 Å². The third kappa shape index (κ3) is 1.41. The number of aromatic amines is 1. The highest BCUT2D eigenvalue weighted by atomic mass is 16.1. The molecular weight excluding hydrogens is 218 g/mol. The fourth-order valence-corrected chi connectivity index (χ4v) is 2.15. The minimum Gasteiger partial charge on any atom is -0.364 e. The second-order valence-electron chi connectivity index (χ2n) is 4.08. The lowest BCUT2D eigenvalue weighted by Gasteiger charge is -2.14. The maximum Gasteiger partial charge on any atom is 0.267 e. The molecule has 0 aromatic carbocycles. The maximum atomic E-state index is 11.2. The minimum atomic E-state index is -0.479. The number of hydrogen-bond donors (Lipinski definition) is 2. The summed E-state index contributed by atoms with van der Waals surface area (Å²) in [5.41, 5.74) is 9.14. The van der Waals surface area contributed by atoms with Gasteiger partial charge in [-0.15, -0.1) is 0 Å². The van der Waals surface area contributed by atoms with Gasteiger partial charge < -0.3 is 5.73 Å². The van der Waals surface area contributed by atoms with Crippen LogP contribution in [0.5, 0.6) is 0 Å². The van der Waals surface area contributed by atoms with Crippen molar-refractivity contribution in [3.8, 4) is 11.4 Å². The summed E-state index contributed by atoms with van der Waals surface area (Å²) < 4.78 is 0. The van der Waals surface area contributed by atoms with Crippen LogP contribution in [-0.2, 0) is 12.8 Å². The number of fused-ring (bicyclic) bond motifs is 3. The van der Waals surface area contributed by atoms with Crippen LogP contribution in [0.15, 0.2) is 6.20 Å². The molecule has 1 amide bonds. The lowest BCUT2D eigenvalue weighted by atomic mass is 9.93. The predicted molar refractivity (Wildman–Crippen MR) is 60.3 cm³/mol. The Kier molecular flexibility index (Phi) is 1.98. The van der Waals surface area contributed by atoms with Gasteiger partial charge in [-0.25, -0.2) is 9.97 Å². The molecule has 0 aliphatic heterocycles. The normalized spacial score (nSPS) is 13.0. The van der Waals surface area contributed by atoms with Gasteiger partial charge in [-0.2, -0.15) is 5.10 Å². The second kappa shape index (κ2) is 3.38. The van der Waals surface area contributed by atoms with Crippen LogP contribution in [0.2, 0.25) is 0 Å². The Balaban J connectivity index is 2.23. The Labute approximate surface area is 97.3 Å². The van der Waals surface area contributed by atoms with Gasteiger partial charge in [0.25, 0.3) is 5.91 Å². The zero-order valence-corrected chi connectivity index (χ0v) is 9.32.